The topological polar surface area (TPSA) is 55.4 Å². The summed E-state index contributed by atoms with van der Waals surface area (Å²) < 4.78 is 46.0. The van der Waals surface area contributed by atoms with E-state index in [1.54, 1.807) is 24.3 Å². The smallest absolute Gasteiger partial charge is 0.243 e. The number of hydrogen-bond donors (Lipinski definition) is 1. The average molecular weight is 358 g/mol. The summed E-state index contributed by atoms with van der Waals surface area (Å²) in [7, 11) is -3.98. The summed E-state index contributed by atoms with van der Waals surface area (Å²) in [5, 5.41) is -0.233. The summed E-state index contributed by atoms with van der Waals surface area (Å²) in [6.07, 6.45) is 0.0603. The first-order chi connectivity index (χ1) is 10.8. The SMILES string of the molecule is CC(C)Oc1ccc(CNS(=O)(=O)c2cccc(Cl)c2F)cc1. The lowest BCUT2D eigenvalue weighted by Crippen LogP contribution is -2.24. The van der Waals surface area contributed by atoms with E-state index in [9.17, 15) is 12.8 Å². The van der Waals surface area contributed by atoms with Crippen LogP contribution in [0.25, 0.3) is 0 Å². The highest BCUT2D eigenvalue weighted by Gasteiger charge is 2.20. The lowest BCUT2D eigenvalue weighted by molar-refractivity contribution is 0.242. The van der Waals surface area contributed by atoms with E-state index >= 15 is 0 Å². The van der Waals surface area contributed by atoms with E-state index in [0.717, 1.165) is 5.56 Å². The van der Waals surface area contributed by atoms with Crippen molar-refractivity contribution < 1.29 is 17.5 Å². The molecule has 0 aliphatic rings. The minimum Gasteiger partial charge on any atom is -0.491 e. The predicted molar refractivity (Wildman–Crippen MR) is 87.6 cm³/mol. The summed E-state index contributed by atoms with van der Waals surface area (Å²) in [5.74, 6) is -0.255. The van der Waals surface area contributed by atoms with Gasteiger partial charge in [0.25, 0.3) is 0 Å². The molecule has 0 unspecified atom stereocenters. The van der Waals surface area contributed by atoms with Crippen LogP contribution >= 0.6 is 11.6 Å². The molecule has 0 atom stereocenters. The highest BCUT2D eigenvalue weighted by atomic mass is 35.5. The Hall–Kier alpha value is -1.63. The van der Waals surface area contributed by atoms with Gasteiger partial charge >= 0.3 is 0 Å². The molecule has 4 nitrogen and oxygen atoms in total. The molecule has 0 heterocycles. The zero-order chi connectivity index (χ0) is 17.0. The van der Waals surface area contributed by atoms with Crippen molar-refractivity contribution in [2.24, 2.45) is 0 Å². The quantitative estimate of drug-likeness (QED) is 0.856. The van der Waals surface area contributed by atoms with Gasteiger partial charge in [0.05, 0.1) is 11.1 Å². The Morgan fingerprint density at radius 3 is 2.43 bits per heavy atom. The molecule has 7 heteroatoms. The highest BCUT2D eigenvalue weighted by molar-refractivity contribution is 7.89. The van der Waals surface area contributed by atoms with Crippen molar-refractivity contribution in [2.75, 3.05) is 0 Å². The standard InChI is InChI=1S/C16H17ClFNO3S/c1-11(2)22-13-8-6-12(7-9-13)10-19-23(20,21)15-5-3-4-14(17)16(15)18/h3-9,11,19H,10H2,1-2H3. The van der Waals surface area contributed by atoms with E-state index in [1.807, 2.05) is 13.8 Å². The molecule has 0 amide bonds. The molecule has 0 saturated carbocycles. The Labute approximate surface area is 140 Å². The van der Waals surface area contributed by atoms with Crippen LogP contribution in [0.1, 0.15) is 19.4 Å². The third kappa shape index (κ3) is 4.67. The normalized spacial score (nSPS) is 11.7. The Kier molecular flexibility index (Phi) is 5.62. The van der Waals surface area contributed by atoms with Crippen LogP contribution in [0.15, 0.2) is 47.4 Å². The van der Waals surface area contributed by atoms with Crippen LogP contribution in [0.4, 0.5) is 4.39 Å². The molecule has 2 aromatic rings. The maximum Gasteiger partial charge on any atom is 0.243 e. The molecule has 0 radical (unpaired) electrons. The van der Waals surface area contributed by atoms with Crippen LogP contribution in [-0.2, 0) is 16.6 Å². The second kappa shape index (κ2) is 7.29. The van der Waals surface area contributed by atoms with Crippen molar-refractivity contribution in [2.45, 2.75) is 31.4 Å². The number of sulfonamides is 1. The van der Waals surface area contributed by atoms with Gasteiger partial charge in [-0.1, -0.05) is 29.8 Å². The van der Waals surface area contributed by atoms with Crippen LogP contribution in [0.5, 0.6) is 5.75 Å². The third-order valence-electron chi connectivity index (χ3n) is 2.97. The van der Waals surface area contributed by atoms with Gasteiger partial charge in [0.15, 0.2) is 5.82 Å². The number of halogens is 2. The van der Waals surface area contributed by atoms with Gasteiger partial charge in [0, 0.05) is 6.54 Å². The number of benzene rings is 2. The molecular formula is C16H17ClFNO3S. The van der Waals surface area contributed by atoms with E-state index in [4.69, 9.17) is 16.3 Å². The Morgan fingerprint density at radius 2 is 1.83 bits per heavy atom. The maximum atomic E-state index is 13.8. The van der Waals surface area contributed by atoms with E-state index in [-0.39, 0.29) is 17.7 Å². The number of nitrogens with one attached hydrogen (secondary N) is 1. The predicted octanol–water partition coefficient (Wildman–Crippen LogP) is 3.74. The Morgan fingerprint density at radius 1 is 1.17 bits per heavy atom. The summed E-state index contributed by atoms with van der Waals surface area (Å²) in [5.41, 5.74) is 0.729. The minimum absolute atomic E-state index is 0.0379. The number of rotatable bonds is 6. The fourth-order valence-corrected chi connectivity index (χ4v) is 3.25. The second-order valence-corrected chi connectivity index (χ2v) is 7.33. The number of hydrogen-bond acceptors (Lipinski definition) is 3. The molecule has 0 spiro atoms. The van der Waals surface area contributed by atoms with E-state index in [2.05, 4.69) is 4.72 Å². The van der Waals surface area contributed by atoms with Gasteiger partial charge in [0.2, 0.25) is 10.0 Å². The second-order valence-electron chi connectivity index (χ2n) is 5.19. The van der Waals surface area contributed by atoms with Gasteiger partial charge in [-0.25, -0.2) is 17.5 Å². The largest absolute Gasteiger partial charge is 0.491 e. The molecule has 1 N–H and O–H groups in total. The molecule has 0 aromatic heterocycles. The maximum absolute atomic E-state index is 13.8. The summed E-state index contributed by atoms with van der Waals surface area (Å²) in [4.78, 5) is -0.468. The molecular weight excluding hydrogens is 341 g/mol. The van der Waals surface area contributed by atoms with Crippen molar-refractivity contribution in [1.82, 2.24) is 4.72 Å². The van der Waals surface area contributed by atoms with Gasteiger partial charge in [0.1, 0.15) is 10.6 Å². The van der Waals surface area contributed by atoms with Crippen molar-refractivity contribution in [3.8, 4) is 5.75 Å². The van der Waals surface area contributed by atoms with Gasteiger partial charge in [-0.05, 0) is 43.7 Å². The molecule has 0 aliphatic heterocycles. The summed E-state index contributed by atoms with van der Waals surface area (Å²) in [6.45, 7) is 3.87. The van der Waals surface area contributed by atoms with Crippen molar-refractivity contribution in [3.63, 3.8) is 0 Å². The third-order valence-corrected chi connectivity index (χ3v) is 4.68. The van der Waals surface area contributed by atoms with Gasteiger partial charge in [-0.3, -0.25) is 0 Å². The first-order valence-corrected chi connectivity index (χ1v) is 8.85. The first kappa shape index (κ1) is 17.7. The fraction of sp³-hybridized carbons (Fsp3) is 0.250. The van der Waals surface area contributed by atoms with Crippen LogP contribution in [0.3, 0.4) is 0 Å². The van der Waals surface area contributed by atoms with Crippen molar-refractivity contribution in [1.29, 1.82) is 0 Å². The Balaban J connectivity index is 2.09. The average Bonchev–Trinajstić information content (AvgIpc) is 2.49. The van der Waals surface area contributed by atoms with Gasteiger partial charge in [-0.2, -0.15) is 0 Å². The lowest BCUT2D eigenvalue weighted by atomic mass is 10.2. The molecule has 0 aliphatic carbocycles. The first-order valence-electron chi connectivity index (χ1n) is 6.99. The zero-order valence-electron chi connectivity index (χ0n) is 12.7. The highest BCUT2D eigenvalue weighted by Crippen LogP contribution is 2.22. The number of ether oxygens (including phenoxy) is 1. The van der Waals surface area contributed by atoms with Gasteiger partial charge in [-0.15, -0.1) is 0 Å². The summed E-state index contributed by atoms with van der Waals surface area (Å²) in [6, 6.07) is 10.8. The van der Waals surface area contributed by atoms with E-state index in [0.29, 0.717) is 5.75 Å². The molecule has 0 saturated heterocycles. The Bertz CT molecular complexity index is 776. The van der Waals surface area contributed by atoms with Crippen molar-refractivity contribution >= 4 is 21.6 Å². The van der Waals surface area contributed by atoms with Crippen LogP contribution < -0.4 is 9.46 Å². The van der Waals surface area contributed by atoms with E-state index in [1.165, 1.54) is 18.2 Å². The molecule has 2 rings (SSSR count). The van der Waals surface area contributed by atoms with Crippen LogP contribution in [0, 0.1) is 5.82 Å². The fourth-order valence-electron chi connectivity index (χ4n) is 1.91. The van der Waals surface area contributed by atoms with Crippen LogP contribution in [-0.4, -0.2) is 14.5 Å². The zero-order valence-corrected chi connectivity index (χ0v) is 14.3. The van der Waals surface area contributed by atoms with Crippen LogP contribution in [0.2, 0.25) is 5.02 Å². The molecule has 124 valence electrons. The van der Waals surface area contributed by atoms with E-state index < -0.39 is 20.7 Å². The molecule has 23 heavy (non-hydrogen) atoms. The van der Waals surface area contributed by atoms with Crippen molar-refractivity contribution in [3.05, 3.63) is 58.9 Å². The molecule has 0 fully saturated rings. The monoisotopic (exact) mass is 357 g/mol. The van der Waals surface area contributed by atoms with Gasteiger partial charge < -0.3 is 4.74 Å². The molecule has 0 bridgehead atoms. The molecule has 2 aromatic carbocycles. The lowest BCUT2D eigenvalue weighted by Gasteiger charge is -2.11. The summed E-state index contributed by atoms with van der Waals surface area (Å²) >= 11 is 5.61. The minimum atomic E-state index is -3.98.